The SMILES string of the molecule is O=C(O)C(=O)c1ccc(CCc2ccccc2)cc1NC(=O)c1cc(-c2ccccc2)n[nH]1. The van der Waals surface area contributed by atoms with E-state index in [9.17, 15) is 19.5 Å². The third-order valence-electron chi connectivity index (χ3n) is 5.21. The van der Waals surface area contributed by atoms with Gasteiger partial charge in [0.1, 0.15) is 5.69 Å². The Morgan fingerprint density at radius 2 is 1.48 bits per heavy atom. The number of hydrogen-bond donors (Lipinski definition) is 3. The number of hydrogen-bond acceptors (Lipinski definition) is 4. The first-order valence-corrected chi connectivity index (χ1v) is 10.4. The first-order valence-electron chi connectivity index (χ1n) is 10.4. The molecule has 1 aromatic heterocycles. The maximum Gasteiger partial charge on any atom is 0.377 e. The summed E-state index contributed by atoms with van der Waals surface area (Å²) in [6, 6.07) is 25.7. The van der Waals surface area contributed by atoms with Gasteiger partial charge in [0.2, 0.25) is 0 Å². The average molecular weight is 439 g/mol. The highest BCUT2D eigenvalue weighted by Gasteiger charge is 2.21. The highest BCUT2D eigenvalue weighted by atomic mass is 16.4. The topological polar surface area (TPSA) is 112 Å². The molecule has 7 heteroatoms. The predicted octanol–water partition coefficient (Wildman–Crippen LogP) is 4.38. The molecule has 0 aliphatic rings. The number of rotatable bonds is 8. The van der Waals surface area contributed by atoms with Gasteiger partial charge in [0.25, 0.3) is 11.7 Å². The van der Waals surface area contributed by atoms with E-state index < -0.39 is 17.7 Å². The van der Waals surface area contributed by atoms with Crippen LogP contribution in [-0.4, -0.2) is 33.0 Å². The van der Waals surface area contributed by atoms with Crippen LogP contribution < -0.4 is 5.32 Å². The van der Waals surface area contributed by atoms with Crippen LogP contribution >= 0.6 is 0 Å². The van der Waals surface area contributed by atoms with E-state index in [1.165, 1.54) is 6.07 Å². The summed E-state index contributed by atoms with van der Waals surface area (Å²) < 4.78 is 0. The van der Waals surface area contributed by atoms with Crippen molar-refractivity contribution in [3.63, 3.8) is 0 Å². The van der Waals surface area contributed by atoms with Crippen LogP contribution in [0, 0.1) is 0 Å². The quantitative estimate of drug-likeness (QED) is 0.279. The van der Waals surface area contributed by atoms with Gasteiger partial charge in [0.15, 0.2) is 0 Å². The smallest absolute Gasteiger partial charge is 0.377 e. The van der Waals surface area contributed by atoms with Gasteiger partial charge in [-0.3, -0.25) is 14.7 Å². The first-order chi connectivity index (χ1) is 16.0. The van der Waals surface area contributed by atoms with Crippen molar-refractivity contribution in [2.45, 2.75) is 12.8 Å². The van der Waals surface area contributed by atoms with E-state index in [4.69, 9.17) is 0 Å². The predicted molar refractivity (Wildman–Crippen MR) is 124 cm³/mol. The number of aromatic amines is 1. The zero-order chi connectivity index (χ0) is 23.2. The fourth-order valence-corrected chi connectivity index (χ4v) is 3.48. The monoisotopic (exact) mass is 439 g/mol. The summed E-state index contributed by atoms with van der Waals surface area (Å²) in [4.78, 5) is 36.3. The molecule has 1 heterocycles. The number of carboxylic acids is 1. The Bertz CT molecular complexity index is 1300. The van der Waals surface area contributed by atoms with Gasteiger partial charge in [-0.25, -0.2) is 4.79 Å². The van der Waals surface area contributed by atoms with Crippen molar-refractivity contribution >= 4 is 23.3 Å². The van der Waals surface area contributed by atoms with E-state index >= 15 is 0 Å². The summed E-state index contributed by atoms with van der Waals surface area (Å²) in [6.45, 7) is 0. The van der Waals surface area contributed by atoms with Crippen molar-refractivity contribution < 1.29 is 19.5 Å². The van der Waals surface area contributed by atoms with Crippen molar-refractivity contribution in [3.05, 3.63) is 107 Å². The van der Waals surface area contributed by atoms with Crippen molar-refractivity contribution in [3.8, 4) is 11.3 Å². The fraction of sp³-hybridized carbons (Fsp3) is 0.0769. The molecule has 4 aromatic rings. The van der Waals surface area contributed by atoms with Crippen molar-refractivity contribution in [1.82, 2.24) is 10.2 Å². The highest BCUT2D eigenvalue weighted by Crippen LogP contribution is 2.22. The fourth-order valence-electron chi connectivity index (χ4n) is 3.48. The lowest BCUT2D eigenvalue weighted by atomic mass is 10.00. The Kier molecular flexibility index (Phi) is 6.40. The molecule has 4 rings (SSSR count). The van der Waals surface area contributed by atoms with Crippen molar-refractivity contribution in [1.29, 1.82) is 0 Å². The number of amides is 1. The Morgan fingerprint density at radius 1 is 0.818 bits per heavy atom. The normalized spacial score (nSPS) is 10.5. The number of nitrogens with one attached hydrogen (secondary N) is 2. The number of carbonyl (C=O) groups is 3. The second kappa shape index (κ2) is 9.74. The lowest BCUT2D eigenvalue weighted by molar-refractivity contribution is -0.131. The minimum Gasteiger partial charge on any atom is -0.475 e. The first kappa shape index (κ1) is 21.7. The van der Waals surface area contributed by atoms with Crippen LogP contribution in [0.2, 0.25) is 0 Å². The molecule has 0 bridgehead atoms. The Labute approximate surface area is 190 Å². The van der Waals surface area contributed by atoms with E-state index in [2.05, 4.69) is 15.5 Å². The summed E-state index contributed by atoms with van der Waals surface area (Å²) in [7, 11) is 0. The van der Waals surface area contributed by atoms with Crippen LogP contribution in [0.15, 0.2) is 84.9 Å². The molecule has 0 fully saturated rings. The second-order valence-electron chi connectivity index (χ2n) is 7.49. The summed E-state index contributed by atoms with van der Waals surface area (Å²) in [6.07, 6.45) is 1.43. The van der Waals surface area contributed by atoms with Gasteiger partial charge in [0, 0.05) is 5.56 Å². The van der Waals surface area contributed by atoms with Crippen LogP contribution in [0.25, 0.3) is 11.3 Å². The largest absolute Gasteiger partial charge is 0.475 e. The minimum absolute atomic E-state index is 0.0814. The van der Waals surface area contributed by atoms with Crippen LogP contribution in [0.3, 0.4) is 0 Å². The maximum atomic E-state index is 12.9. The van der Waals surface area contributed by atoms with E-state index in [0.29, 0.717) is 12.1 Å². The number of carboxylic acid groups (broad SMARTS) is 1. The van der Waals surface area contributed by atoms with E-state index in [-0.39, 0.29) is 16.9 Å². The highest BCUT2D eigenvalue weighted by molar-refractivity contribution is 6.41. The Balaban J connectivity index is 1.57. The molecule has 0 aliphatic carbocycles. The number of benzene rings is 3. The molecule has 0 saturated carbocycles. The average Bonchev–Trinajstić information content (AvgIpc) is 3.34. The van der Waals surface area contributed by atoms with Crippen LogP contribution in [0.4, 0.5) is 5.69 Å². The lowest BCUT2D eigenvalue weighted by Crippen LogP contribution is -2.19. The second-order valence-corrected chi connectivity index (χ2v) is 7.49. The van der Waals surface area contributed by atoms with Crippen LogP contribution in [0.5, 0.6) is 0 Å². The molecule has 0 spiro atoms. The number of H-pyrrole nitrogens is 1. The molecular formula is C26H21N3O4. The zero-order valence-corrected chi connectivity index (χ0v) is 17.6. The summed E-state index contributed by atoms with van der Waals surface area (Å²) in [5.74, 6) is -3.20. The number of anilines is 1. The zero-order valence-electron chi connectivity index (χ0n) is 17.6. The van der Waals surface area contributed by atoms with Gasteiger partial charge in [-0.2, -0.15) is 5.10 Å². The molecular weight excluding hydrogens is 418 g/mol. The van der Waals surface area contributed by atoms with Crippen LogP contribution in [-0.2, 0) is 17.6 Å². The molecule has 0 atom stereocenters. The number of ketones is 1. The van der Waals surface area contributed by atoms with Gasteiger partial charge in [-0.1, -0.05) is 66.7 Å². The molecule has 164 valence electrons. The van der Waals surface area contributed by atoms with Gasteiger partial charge >= 0.3 is 5.97 Å². The van der Waals surface area contributed by atoms with Gasteiger partial charge in [-0.05, 0) is 42.2 Å². The number of carbonyl (C=O) groups excluding carboxylic acids is 2. The third kappa shape index (κ3) is 5.22. The third-order valence-corrected chi connectivity index (χ3v) is 5.21. The number of aromatic nitrogens is 2. The molecule has 0 saturated heterocycles. The summed E-state index contributed by atoms with van der Waals surface area (Å²) in [5, 5.41) is 18.7. The summed E-state index contributed by atoms with van der Waals surface area (Å²) >= 11 is 0. The van der Waals surface area contributed by atoms with Gasteiger partial charge in [0.05, 0.1) is 16.9 Å². The number of aryl methyl sites for hydroxylation is 2. The molecule has 3 N–H and O–H groups in total. The molecule has 0 radical (unpaired) electrons. The van der Waals surface area contributed by atoms with E-state index in [0.717, 1.165) is 23.1 Å². The number of aliphatic carboxylic acids is 1. The lowest BCUT2D eigenvalue weighted by Gasteiger charge is -2.11. The van der Waals surface area contributed by atoms with Crippen molar-refractivity contribution in [2.75, 3.05) is 5.32 Å². The molecule has 3 aromatic carbocycles. The standard InChI is InChI=1S/C26H21N3O4/c30-24(26(32)33)20-14-13-18(12-11-17-7-3-1-4-8-17)15-22(20)27-25(31)23-16-21(28-29-23)19-9-5-2-6-10-19/h1-10,13-16H,11-12H2,(H,27,31)(H,28,29)(H,32,33). The molecule has 1 amide bonds. The molecule has 33 heavy (non-hydrogen) atoms. The van der Waals surface area contributed by atoms with E-state index in [1.807, 2.05) is 60.7 Å². The number of Topliss-reactive ketones (excluding diaryl/α,β-unsaturated/α-hetero) is 1. The Morgan fingerprint density at radius 3 is 2.18 bits per heavy atom. The van der Waals surface area contributed by atoms with Gasteiger partial charge in [-0.15, -0.1) is 0 Å². The Hall–Kier alpha value is -4.52. The molecule has 0 unspecified atom stereocenters. The minimum atomic E-state index is -1.59. The van der Waals surface area contributed by atoms with Gasteiger partial charge < -0.3 is 10.4 Å². The summed E-state index contributed by atoms with van der Waals surface area (Å²) in [5.41, 5.74) is 3.72. The van der Waals surface area contributed by atoms with Crippen LogP contribution in [0.1, 0.15) is 32.0 Å². The number of nitrogens with zero attached hydrogens (tertiary/aromatic N) is 1. The molecule has 0 aliphatic heterocycles. The van der Waals surface area contributed by atoms with E-state index in [1.54, 1.807) is 18.2 Å². The molecule has 7 nitrogen and oxygen atoms in total. The van der Waals surface area contributed by atoms with Crippen molar-refractivity contribution in [2.24, 2.45) is 0 Å². The maximum absolute atomic E-state index is 12.9.